The molecule has 0 amide bonds. The molecule has 0 unspecified atom stereocenters. The molecule has 20 heavy (non-hydrogen) atoms. The lowest BCUT2D eigenvalue weighted by atomic mass is 10.1. The Bertz CT molecular complexity index is 458. The number of thiocarbonyl (C=S) groups is 1. The van der Waals surface area contributed by atoms with Crippen molar-refractivity contribution in [3.05, 3.63) is 23.0 Å². The number of anilines is 1. The number of nitrogens with two attached hydrogens (primary N) is 1. The Labute approximate surface area is 126 Å². The molecule has 6 heteroatoms. The van der Waals surface area contributed by atoms with Gasteiger partial charge in [0.2, 0.25) is 0 Å². The van der Waals surface area contributed by atoms with E-state index in [0.717, 1.165) is 35.7 Å². The van der Waals surface area contributed by atoms with Gasteiger partial charge in [-0.1, -0.05) is 12.2 Å². The van der Waals surface area contributed by atoms with Crippen molar-refractivity contribution in [3.63, 3.8) is 0 Å². The molecule has 1 aromatic heterocycles. The molecule has 5 nitrogen and oxygen atoms in total. The Morgan fingerprint density at radius 2 is 1.80 bits per heavy atom. The lowest BCUT2D eigenvalue weighted by Crippen LogP contribution is -2.33. The van der Waals surface area contributed by atoms with Crippen molar-refractivity contribution in [1.82, 2.24) is 4.98 Å². The molecule has 1 rings (SSSR count). The summed E-state index contributed by atoms with van der Waals surface area (Å²) in [7, 11) is 3.37. The van der Waals surface area contributed by atoms with Crippen LogP contribution in [0.5, 0.6) is 0 Å². The summed E-state index contributed by atoms with van der Waals surface area (Å²) < 4.78 is 10.3. The van der Waals surface area contributed by atoms with Crippen molar-refractivity contribution in [2.24, 2.45) is 5.73 Å². The van der Waals surface area contributed by atoms with Crippen molar-refractivity contribution in [1.29, 1.82) is 0 Å². The summed E-state index contributed by atoms with van der Waals surface area (Å²) in [6.07, 6.45) is 0. The van der Waals surface area contributed by atoms with Crippen LogP contribution in [0.2, 0.25) is 0 Å². The van der Waals surface area contributed by atoms with Gasteiger partial charge in [0, 0.05) is 38.7 Å². The highest BCUT2D eigenvalue weighted by Crippen LogP contribution is 2.24. The molecule has 0 aromatic carbocycles. The highest BCUT2D eigenvalue weighted by molar-refractivity contribution is 7.80. The van der Waals surface area contributed by atoms with Gasteiger partial charge in [0.1, 0.15) is 4.99 Å². The summed E-state index contributed by atoms with van der Waals surface area (Å²) >= 11 is 5.17. The summed E-state index contributed by atoms with van der Waals surface area (Å²) in [4.78, 5) is 6.98. The normalized spacial score (nSPS) is 10.6. The summed E-state index contributed by atoms with van der Waals surface area (Å²) in [6.45, 7) is 6.64. The smallest absolute Gasteiger partial charge is 0.107 e. The van der Waals surface area contributed by atoms with Gasteiger partial charge in [-0.2, -0.15) is 0 Å². The molecular formula is C14H23N3O2S. The number of ether oxygens (including phenoxy) is 2. The Kier molecular flexibility index (Phi) is 6.84. The molecule has 112 valence electrons. The zero-order valence-corrected chi connectivity index (χ0v) is 13.4. The number of pyridine rings is 1. The third-order valence-electron chi connectivity index (χ3n) is 3.03. The first-order chi connectivity index (χ1) is 9.51. The third-order valence-corrected chi connectivity index (χ3v) is 3.23. The summed E-state index contributed by atoms with van der Waals surface area (Å²) in [6, 6.07) is 2.01. The molecule has 0 fully saturated rings. The Morgan fingerprint density at radius 1 is 1.25 bits per heavy atom. The molecular weight excluding hydrogens is 274 g/mol. The van der Waals surface area contributed by atoms with E-state index in [0.29, 0.717) is 18.2 Å². The largest absolute Gasteiger partial charge is 0.389 e. The SMILES string of the molecule is COCCN(CCOC)c1cc(C)nc(C)c1C(N)=S. The van der Waals surface area contributed by atoms with Crippen LogP contribution in [0.25, 0.3) is 0 Å². The molecule has 0 aliphatic carbocycles. The second kappa shape index (κ2) is 8.14. The highest BCUT2D eigenvalue weighted by atomic mass is 32.1. The van der Waals surface area contributed by atoms with E-state index in [4.69, 9.17) is 27.4 Å². The van der Waals surface area contributed by atoms with Gasteiger partial charge in [-0.25, -0.2) is 0 Å². The van der Waals surface area contributed by atoms with Crippen LogP contribution in [0.3, 0.4) is 0 Å². The average Bonchev–Trinajstić information content (AvgIpc) is 2.37. The van der Waals surface area contributed by atoms with E-state index < -0.39 is 0 Å². The minimum Gasteiger partial charge on any atom is -0.389 e. The molecule has 0 spiro atoms. The molecule has 0 atom stereocenters. The second-order valence-corrected chi connectivity index (χ2v) is 5.02. The molecule has 0 saturated heterocycles. The molecule has 0 bridgehead atoms. The Morgan fingerprint density at radius 3 is 2.25 bits per heavy atom. The van der Waals surface area contributed by atoms with Crippen LogP contribution in [-0.2, 0) is 9.47 Å². The maximum atomic E-state index is 5.86. The number of rotatable bonds is 8. The first-order valence-corrected chi connectivity index (χ1v) is 6.93. The molecule has 0 saturated carbocycles. The number of hydrogen-bond acceptors (Lipinski definition) is 5. The molecule has 1 aromatic rings. The fourth-order valence-corrected chi connectivity index (χ4v) is 2.37. The van der Waals surface area contributed by atoms with Crippen LogP contribution in [-0.4, -0.2) is 50.5 Å². The highest BCUT2D eigenvalue weighted by Gasteiger charge is 2.16. The van der Waals surface area contributed by atoms with E-state index in [9.17, 15) is 0 Å². The van der Waals surface area contributed by atoms with Crippen LogP contribution in [0.4, 0.5) is 5.69 Å². The van der Waals surface area contributed by atoms with Gasteiger partial charge in [-0.15, -0.1) is 0 Å². The van der Waals surface area contributed by atoms with Crippen molar-refractivity contribution < 1.29 is 9.47 Å². The molecule has 0 aliphatic rings. The zero-order valence-electron chi connectivity index (χ0n) is 12.6. The fraction of sp³-hybridized carbons (Fsp3) is 0.571. The lowest BCUT2D eigenvalue weighted by Gasteiger charge is -2.27. The van der Waals surface area contributed by atoms with Crippen LogP contribution in [0.1, 0.15) is 17.0 Å². The standard InChI is InChI=1S/C14H23N3O2S/c1-10-9-12(13(14(15)20)11(2)16-10)17(5-7-18-3)6-8-19-4/h9H,5-8H2,1-4H3,(H2,15,20). The summed E-state index contributed by atoms with van der Waals surface area (Å²) in [5.74, 6) is 0. The van der Waals surface area contributed by atoms with Crippen LogP contribution in [0.15, 0.2) is 6.07 Å². The van der Waals surface area contributed by atoms with E-state index in [1.165, 1.54) is 0 Å². The van der Waals surface area contributed by atoms with Gasteiger partial charge >= 0.3 is 0 Å². The molecule has 1 heterocycles. The van der Waals surface area contributed by atoms with E-state index in [1.54, 1.807) is 14.2 Å². The second-order valence-electron chi connectivity index (χ2n) is 4.58. The number of methoxy groups -OCH3 is 2. The van der Waals surface area contributed by atoms with E-state index >= 15 is 0 Å². The van der Waals surface area contributed by atoms with Gasteiger partial charge < -0.3 is 20.1 Å². The van der Waals surface area contributed by atoms with Crippen molar-refractivity contribution in [2.75, 3.05) is 45.4 Å². The van der Waals surface area contributed by atoms with Crippen LogP contribution >= 0.6 is 12.2 Å². The fourth-order valence-electron chi connectivity index (χ4n) is 2.12. The number of aromatic nitrogens is 1. The predicted octanol–water partition coefficient (Wildman–Crippen LogP) is 1.43. The van der Waals surface area contributed by atoms with Crippen molar-refractivity contribution >= 4 is 22.9 Å². The monoisotopic (exact) mass is 297 g/mol. The number of nitrogens with zero attached hydrogens (tertiary/aromatic N) is 2. The van der Waals surface area contributed by atoms with Gasteiger partial charge in [0.05, 0.1) is 24.5 Å². The van der Waals surface area contributed by atoms with Gasteiger partial charge in [-0.3, -0.25) is 4.98 Å². The first kappa shape index (κ1) is 16.8. The number of aryl methyl sites for hydroxylation is 2. The molecule has 0 aliphatic heterocycles. The summed E-state index contributed by atoms with van der Waals surface area (Å²) in [5.41, 5.74) is 9.49. The van der Waals surface area contributed by atoms with Crippen LogP contribution in [0, 0.1) is 13.8 Å². The van der Waals surface area contributed by atoms with E-state index in [-0.39, 0.29) is 0 Å². The maximum Gasteiger partial charge on any atom is 0.107 e. The molecule has 2 N–H and O–H groups in total. The van der Waals surface area contributed by atoms with Gasteiger partial charge in [-0.05, 0) is 19.9 Å². The first-order valence-electron chi connectivity index (χ1n) is 6.52. The summed E-state index contributed by atoms with van der Waals surface area (Å²) in [5, 5.41) is 0. The molecule has 0 radical (unpaired) electrons. The number of hydrogen-bond donors (Lipinski definition) is 1. The minimum atomic E-state index is 0.366. The van der Waals surface area contributed by atoms with Gasteiger partial charge in [0.25, 0.3) is 0 Å². The van der Waals surface area contributed by atoms with E-state index in [1.807, 2.05) is 19.9 Å². The maximum absolute atomic E-state index is 5.86. The quantitative estimate of drug-likeness (QED) is 0.733. The Hall–Kier alpha value is -1.24. The van der Waals surface area contributed by atoms with E-state index in [2.05, 4.69) is 9.88 Å². The predicted molar refractivity (Wildman–Crippen MR) is 85.6 cm³/mol. The zero-order chi connectivity index (χ0) is 15.1. The van der Waals surface area contributed by atoms with Crippen molar-refractivity contribution in [3.8, 4) is 0 Å². The van der Waals surface area contributed by atoms with Crippen molar-refractivity contribution in [2.45, 2.75) is 13.8 Å². The van der Waals surface area contributed by atoms with Gasteiger partial charge in [0.15, 0.2) is 0 Å². The van der Waals surface area contributed by atoms with Crippen LogP contribution < -0.4 is 10.6 Å². The topological polar surface area (TPSA) is 60.6 Å². The third kappa shape index (κ3) is 4.40. The average molecular weight is 297 g/mol. The Balaban J connectivity index is 3.18. The lowest BCUT2D eigenvalue weighted by molar-refractivity contribution is 0.190. The minimum absolute atomic E-state index is 0.366.